The van der Waals surface area contributed by atoms with Gasteiger partial charge in [-0.2, -0.15) is 0 Å². The number of rotatable bonds is 2. The van der Waals surface area contributed by atoms with Crippen molar-refractivity contribution in [3.63, 3.8) is 0 Å². The van der Waals surface area contributed by atoms with Crippen molar-refractivity contribution in [1.29, 1.82) is 0 Å². The van der Waals surface area contributed by atoms with Crippen LogP contribution in [0.1, 0.15) is 33.6 Å². The van der Waals surface area contributed by atoms with Crippen LogP contribution in [0.3, 0.4) is 0 Å². The van der Waals surface area contributed by atoms with Crippen molar-refractivity contribution >= 4 is 11.9 Å². The number of ether oxygens (including phenoxy) is 2. The minimum absolute atomic E-state index is 0.360. The molecule has 1 rings (SSSR count). The van der Waals surface area contributed by atoms with E-state index in [-0.39, 0.29) is 0 Å². The number of hydrogen-bond acceptors (Lipinski definition) is 4. The van der Waals surface area contributed by atoms with Crippen molar-refractivity contribution in [2.45, 2.75) is 51.4 Å². The molecule has 15 heavy (non-hydrogen) atoms. The van der Waals surface area contributed by atoms with Crippen LogP contribution >= 0.6 is 0 Å². The molecular weight excluding hydrogens is 200 g/mol. The summed E-state index contributed by atoms with van der Waals surface area (Å²) < 4.78 is 10.1. The van der Waals surface area contributed by atoms with Gasteiger partial charge < -0.3 is 14.6 Å². The van der Waals surface area contributed by atoms with Crippen molar-refractivity contribution in [2.75, 3.05) is 0 Å². The molecule has 1 aliphatic rings. The first-order chi connectivity index (χ1) is 6.79. The van der Waals surface area contributed by atoms with Crippen LogP contribution < -0.4 is 0 Å². The second-order valence-electron chi connectivity index (χ2n) is 4.56. The molecule has 0 radical (unpaired) electrons. The molecule has 0 aromatic carbocycles. The lowest BCUT2D eigenvalue weighted by Gasteiger charge is -2.21. The van der Waals surface area contributed by atoms with E-state index >= 15 is 0 Å². The number of aliphatic carboxylic acids is 1. The number of hydrogen-bond donors (Lipinski definition) is 1. The summed E-state index contributed by atoms with van der Waals surface area (Å²) in [6.07, 6.45) is -0.835. The Hall–Kier alpha value is -1.10. The SMILES string of the molecule is CC(C)(C)OC(=O)[C@H]1CC[C@@H](C(=O)O)O1. The van der Waals surface area contributed by atoms with E-state index in [4.69, 9.17) is 14.6 Å². The number of carbonyl (C=O) groups excluding carboxylic acids is 1. The molecule has 1 fully saturated rings. The molecule has 1 N–H and O–H groups in total. The Morgan fingerprint density at radius 2 is 1.80 bits per heavy atom. The van der Waals surface area contributed by atoms with Crippen LogP contribution in [0.5, 0.6) is 0 Å². The molecule has 2 atom stereocenters. The van der Waals surface area contributed by atoms with E-state index in [1.54, 1.807) is 20.8 Å². The summed E-state index contributed by atoms with van der Waals surface area (Å²) in [4.78, 5) is 22.1. The van der Waals surface area contributed by atoms with E-state index in [1.165, 1.54) is 0 Å². The van der Waals surface area contributed by atoms with Gasteiger partial charge in [0.2, 0.25) is 0 Å². The van der Waals surface area contributed by atoms with Gasteiger partial charge in [-0.1, -0.05) is 0 Å². The van der Waals surface area contributed by atoms with E-state index in [0.717, 1.165) is 0 Å². The van der Waals surface area contributed by atoms with Gasteiger partial charge in [0.05, 0.1) is 0 Å². The van der Waals surface area contributed by atoms with Crippen molar-refractivity contribution in [3.05, 3.63) is 0 Å². The smallest absolute Gasteiger partial charge is 0.335 e. The number of carbonyl (C=O) groups is 2. The average molecular weight is 216 g/mol. The fraction of sp³-hybridized carbons (Fsp3) is 0.800. The van der Waals surface area contributed by atoms with Gasteiger partial charge in [-0.3, -0.25) is 0 Å². The number of esters is 1. The zero-order valence-electron chi connectivity index (χ0n) is 9.15. The Labute approximate surface area is 88.4 Å². The predicted molar refractivity (Wildman–Crippen MR) is 51.4 cm³/mol. The van der Waals surface area contributed by atoms with E-state index in [1.807, 2.05) is 0 Å². The highest BCUT2D eigenvalue weighted by Crippen LogP contribution is 2.22. The largest absolute Gasteiger partial charge is 0.479 e. The molecule has 0 unspecified atom stereocenters. The first-order valence-electron chi connectivity index (χ1n) is 4.91. The summed E-state index contributed by atoms with van der Waals surface area (Å²) in [5, 5.41) is 8.67. The maximum Gasteiger partial charge on any atom is 0.335 e. The summed E-state index contributed by atoms with van der Waals surface area (Å²) in [7, 11) is 0. The summed E-state index contributed by atoms with van der Waals surface area (Å²) in [6, 6.07) is 0. The molecule has 0 saturated carbocycles. The van der Waals surface area contributed by atoms with E-state index in [2.05, 4.69) is 0 Å². The quantitative estimate of drug-likeness (QED) is 0.696. The first kappa shape index (κ1) is 12.0. The van der Waals surface area contributed by atoms with Crippen LogP contribution in [0, 0.1) is 0 Å². The third-order valence-electron chi connectivity index (χ3n) is 1.96. The van der Waals surface area contributed by atoms with Crippen LogP contribution in [0.2, 0.25) is 0 Å². The highest BCUT2D eigenvalue weighted by molar-refractivity contribution is 5.78. The summed E-state index contributed by atoms with van der Waals surface area (Å²) in [5.74, 6) is -1.51. The highest BCUT2D eigenvalue weighted by atomic mass is 16.6. The maximum atomic E-state index is 11.5. The molecule has 0 aromatic rings. The van der Waals surface area contributed by atoms with Crippen molar-refractivity contribution < 1.29 is 24.2 Å². The van der Waals surface area contributed by atoms with Gasteiger partial charge in [0.25, 0.3) is 0 Å². The summed E-state index contributed by atoms with van der Waals surface area (Å²) >= 11 is 0. The van der Waals surface area contributed by atoms with Crippen molar-refractivity contribution in [1.82, 2.24) is 0 Å². The molecule has 0 amide bonds. The predicted octanol–water partition coefficient (Wildman–Crippen LogP) is 0.960. The zero-order chi connectivity index (χ0) is 11.6. The fourth-order valence-electron chi connectivity index (χ4n) is 1.36. The van der Waals surface area contributed by atoms with Crippen LogP contribution in [0.15, 0.2) is 0 Å². The molecule has 0 aliphatic carbocycles. The molecule has 0 spiro atoms. The maximum absolute atomic E-state index is 11.5. The van der Waals surface area contributed by atoms with Gasteiger partial charge in [-0.15, -0.1) is 0 Å². The fourth-order valence-corrected chi connectivity index (χ4v) is 1.36. The molecule has 1 heterocycles. The lowest BCUT2D eigenvalue weighted by molar-refractivity contribution is -0.170. The van der Waals surface area contributed by atoms with E-state index in [0.29, 0.717) is 12.8 Å². The molecule has 0 aromatic heterocycles. The monoisotopic (exact) mass is 216 g/mol. The molecule has 86 valence electrons. The van der Waals surface area contributed by atoms with Crippen molar-refractivity contribution in [3.8, 4) is 0 Å². The molecule has 1 saturated heterocycles. The van der Waals surface area contributed by atoms with E-state index < -0.39 is 29.7 Å². The number of carboxylic acids is 1. The average Bonchev–Trinajstić information content (AvgIpc) is 2.47. The second kappa shape index (κ2) is 4.18. The van der Waals surface area contributed by atoms with Crippen LogP contribution in [-0.4, -0.2) is 34.9 Å². The summed E-state index contributed by atoms with van der Waals surface area (Å²) in [5.41, 5.74) is -0.568. The van der Waals surface area contributed by atoms with E-state index in [9.17, 15) is 9.59 Å². The van der Waals surface area contributed by atoms with Crippen LogP contribution in [0.25, 0.3) is 0 Å². The lowest BCUT2D eigenvalue weighted by atomic mass is 10.1. The second-order valence-corrected chi connectivity index (χ2v) is 4.56. The Balaban J connectivity index is 2.47. The Kier molecular flexibility index (Phi) is 3.34. The van der Waals surface area contributed by atoms with Gasteiger partial charge in [-0.05, 0) is 33.6 Å². The first-order valence-corrected chi connectivity index (χ1v) is 4.91. The highest BCUT2D eigenvalue weighted by Gasteiger charge is 2.36. The minimum Gasteiger partial charge on any atom is -0.479 e. The van der Waals surface area contributed by atoms with Gasteiger partial charge in [0.1, 0.15) is 5.60 Å². The Morgan fingerprint density at radius 1 is 1.27 bits per heavy atom. The normalized spacial score (nSPS) is 26.3. The molecular formula is C10H16O5. The van der Waals surface area contributed by atoms with Crippen LogP contribution in [-0.2, 0) is 19.1 Å². The number of carboxylic acid groups (broad SMARTS) is 1. The molecule has 1 aliphatic heterocycles. The Bertz CT molecular complexity index is 265. The minimum atomic E-state index is -1.03. The molecule has 5 heteroatoms. The van der Waals surface area contributed by atoms with Gasteiger partial charge in [-0.25, -0.2) is 9.59 Å². The van der Waals surface area contributed by atoms with Crippen molar-refractivity contribution in [2.24, 2.45) is 0 Å². The Morgan fingerprint density at radius 3 is 2.20 bits per heavy atom. The third-order valence-corrected chi connectivity index (χ3v) is 1.96. The van der Waals surface area contributed by atoms with Gasteiger partial charge in [0.15, 0.2) is 12.2 Å². The van der Waals surface area contributed by atoms with Gasteiger partial charge >= 0.3 is 11.9 Å². The van der Waals surface area contributed by atoms with Crippen LogP contribution in [0.4, 0.5) is 0 Å². The van der Waals surface area contributed by atoms with Gasteiger partial charge in [0, 0.05) is 0 Å². The zero-order valence-corrected chi connectivity index (χ0v) is 9.15. The third kappa shape index (κ3) is 3.51. The summed E-state index contributed by atoms with van der Waals surface area (Å²) in [6.45, 7) is 5.28. The topological polar surface area (TPSA) is 72.8 Å². The molecule has 0 bridgehead atoms. The standard InChI is InChI=1S/C10H16O5/c1-10(2,3)15-9(13)7-5-4-6(14-7)8(11)12/h6-7H,4-5H2,1-3H3,(H,11,12)/t6-,7+/m0/s1. The molecule has 5 nitrogen and oxygen atoms in total. The lowest BCUT2D eigenvalue weighted by Crippen LogP contribution is -2.32.